The molecule has 14 nitrogen and oxygen atoms in total. The Morgan fingerprint density at radius 3 is 1.91 bits per heavy atom. The maximum absolute atomic E-state index is 14.1. The van der Waals surface area contributed by atoms with Crippen molar-refractivity contribution >= 4 is 17.9 Å². The summed E-state index contributed by atoms with van der Waals surface area (Å²) in [6.07, 6.45) is -1.34. The van der Waals surface area contributed by atoms with Gasteiger partial charge in [-0.1, -0.05) is 56.3 Å². The molecule has 0 spiro atoms. The molecule has 0 aliphatic carbocycles. The van der Waals surface area contributed by atoms with Crippen molar-refractivity contribution in [3.8, 4) is 5.75 Å². The molecule has 14 heteroatoms. The zero-order valence-electron chi connectivity index (χ0n) is 32.8. The number of rotatable bonds is 27. The lowest BCUT2D eigenvalue weighted by atomic mass is 9.88. The van der Waals surface area contributed by atoms with Crippen molar-refractivity contribution in [3.05, 3.63) is 65.7 Å². The number of ether oxygens (including phenoxy) is 6. The molecule has 0 saturated carbocycles. The van der Waals surface area contributed by atoms with Crippen molar-refractivity contribution in [2.45, 2.75) is 77.7 Å². The largest absolute Gasteiger partial charge is 0.491 e. The van der Waals surface area contributed by atoms with Gasteiger partial charge in [-0.25, -0.2) is 4.79 Å². The lowest BCUT2D eigenvalue weighted by molar-refractivity contribution is -0.133. The highest BCUT2D eigenvalue weighted by atomic mass is 16.6. The summed E-state index contributed by atoms with van der Waals surface area (Å²) in [5.41, 5.74) is 0.923. The molecule has 5 N–H and O–H groups in total. The van der Waals surface area contributed by atoms with Gasteiger partial charge in [0.25, 0.3) is 0 Å². The molecule has 2 rings (SSSR count). The molecule has 0 aliphatic rings. The smallest absolute Gasteiger partial charge is 0.407 e. The van der Waals surface area contributed by atoms with Crippen LogP contribution in [0, 0.1) is 11.8 Å². The second-order valence-corrected chi connectivity index (χ2v) is 14.2. The van der Waals surface area contributed by atoms with Crippen LogP contribution in [0.4, 0.5) is 4.79 Å². The van der Waals surface area contributed by atoms with Crippen LogP contribution in [0.1, 0.15) is 52.2 Å². The van der Waals surface area contributed by atoms with Crippen molar-refractivity contribution < 1.29 is 53.0 Å². The van der Waals surface area contributed by atoms with Gasteiger partial charge in [-0.2, -0.15) is 0 Å². The Hall–Kier alpha value is -3.79. The predicted octanol–water partition coefficient (Wildman–Crippen LogP) is 3.06. The van der Waals surface area contributed by atoms with E-state index < -0.39 is 41.7 Å². The summed E-state index contributed by atoms with van der Waals surface area (Å²) in [5.74, 6) is -1.24. The first-order chi connectivity index (χ1) is 25.8. The number of nitrogens with one attached hydrogen (secondary N) is 3. The summed E-state index contributed by atoms with van der Waals surface area (Å²) < 4.78 is 32.3. The van der Waals surface area contributed by atoms with E-state index in [0.29, 0.717) is 51.8 Å². The molecule has 0 radical (unpaired) electrons. The summed E-state index contributed by atoms with van der Waals surface area (Å²) >= 11 is 0. The van der Waals surface area contributed by atoms with Crippen molar-refractivity contribution in [2.24, 2.45) is 11.8 Å². The van der Waals surface area contributed by atoms with Crippen molar-refractivity contribution in [3.63, 3.8) is 0 Å². The summed E-state index contributed by atoms with van der Waals surface area (Å²) in [4.78, 5) is 40.2. The lowest BCUT2D eigenvalue weighted by Gasteiger charge is -2.30. The number of carbonyl (C=O) groups excluding carboxylic acids is 3. The van der Waals surface area contributed by atoms with E-state index in [1.165, 1.54) is 0 Å². The van der Waals surface area contributed by atoms with Crippen LogP contribution in [0.5, 0.6) is 5.75 Å². The summed E-state index contributed by atoms with van der Waals surface area (Å²) in [6, 6.07) is 14.9. The van der Waals surface area contributed by atoms with Gasteiger partial charge in [-0.3, -0.25) is 9.59 Å². The first-order valence-corrected chi connectivity index (χ1v) is 18.7. The SMILES string of the molecule is COCCOCCOCCOCCNC(=O)[C@@H](NC(=O)[C@H](Cc1ccc(OCCO)cc1)C[C@H](O)[C@H](Cc1ccccc1)NC(=O)OC(C)(C)C)C(C)C. The second-order valence-electron chi connectivity index (χ2n) is 14.2. The Bertz CT molecular complexity index is 1320. The van der Waals surface area contributed by atoms with Crippen LogP contribution in [-0.4, -0.2) is 125 Å². The number of hydrogen-bond donors (Lipinski definition) is 5. The number of aliphatic hydroxyl groups excluding tert-OH is 2. The van der Waals surface area contributed by atoms with E-state index in [1.54, 1.807) is 40.0 Å². The van der Waals surface area contributed by atoms with Crippen LogP contribution >= 0.6 is 0 Å². The molecular formula is C40H63N3O11. The van der Waals surface area contributed by atoms with Crippen LogP contribution in [0.3, 0.4) is 0 Å². The summed E-state index contributed by atoms with van der Waals surface area (Å²) in [5, 5.41) is 29.4. The molecule has 0 heterocycles. The van der Waals surface area contributed by atoms with E-state index in [9.17, 15) is 19.5 Å². The number of methoxy groups -OCH3 is 1. The fourth-order valence-corrected chi connectivity index (χ4v) is 5.37. The molecule has 2 aromatic rings. The van der Waals surface area contributed by atoms with E-state index in [-0.39, 0.29) is 51.0 Å². The minimum absolute atomic E-state index is 0.0243. The van der Waals surface area contributed by atoms with Crippen LogP contribution < -0.4 is 20.7 Å². The average molecular weight is 762 g/mol. The van der Waals surface area contributed by atoms with Gasteiger partial charge in [0.1, 0.15) is 24.0 Å². The predicted molar refractivity (Wildman–Crippen MR) is 204 cm³/mol. The number of carbonyl (C=O) groups is 3. The molecule has 54 heavy (non-hydrogen) atoms. The van der Waals surface area contributed by atoms with Gasteiger partial charge in [-0.05, 0) is 69.2 Å². The molecule has 4 atom stereocenters. The Kier molecular flexibility index (Phi) is 22.4. The number of amides is 3. The number of hydrogen-bond acceptors (Lipinski definition) is 11. The fourth-order valence-electron chi connectivity index (χ4n) is 5.37. The third kappa shape index (κ3) is 20.0. The first kappa shape index (κ1) is 46.4. The Morgan fingerprint density at radius 2 is 1.33 bits per heavy atom. The topological polar surface area (TPSA) is 183 Å². The maximum atomic E-state index is 14.1. The third-order valence-corrected chi connectivity index (χ3v) is 8.10. The van der Waals surface area contributed by atoms with E-state index in [0.717, 1.165) is 11.1 Å². The minimum Gasteiger partial charge on any atom is -0.491 e. The molecule has 2 aromatic carbocycles. The Balaban J connectivity index is 2.12. The lowest BCUT2D eigenvalue weighted by Crippen LogP contribution is -2.53. The second kappa shape index (κ2) is 26.1. The van der Waals surface area contributed by atoms with Gasteiger partial charge < -0.3 is 54.6 Å². The number of aliphatic hydroxyl groups is 2. The number of alkyl carbamates (subject to hydrolysis) is 1. The molecule has 304 valence electrons. The third-order valence-electron chi connectivity index (χ3n) is 8.10. The quantitative estimate of drug-likeness (QED) is 0.0844. The van der Waals surface area contributed by atoms with Crippen LogP contribution in [-0.2, 0) is 46.1 Å². The average Bonchev–Trinajstić information content (AvgIpc) is 3.12. The highest BCUT2D eigenvalue weighted by Crippen LogP contribution is 2.22. The van der Waals surface area contributed by atoms with Crippen LogP contribution in [0.15, 0.2) is 54.6 Å². The van der Waals surface area contributed by atoms with Gasteiger partial charge in [-0.15, -0.1) is 0 Å². The minimum atomic E-state index is -1.16. The zero-order chi connectivity index (χ0) is 39.8. The first-order valence-electron chi connectivity index (χ1n) is 18.7. The van der Waals surface area contributed by atoms with E-state index in [1.807, 2.05) is 56.3 Å². The van der Waals surface area contributed by atoms with Crippen molar-refractivity contribution in [1.29, 1.82) is 0 Å². The fraction of sp³-hybridized carbons (Fsp3) is 0.625. The number of benzene rings is 2. The Morgan fingerprint density at radius 1 is 0.741 bits per heavy atom. The Labute approximate surface area is 320 Å². The summed E-state index contributed by atoms with van der Waals surface area (Å²) in [7, 11) is 1.61. The van der Waals surface area contributed by atoms with Crippen LogP contribution in [0.25, 0.3) is 0 Å². The van der Waals surface area contributed by atoms with E-state index in [2.05, 4.69) is 16.0 Å². The normalized spacial score (nSPS) is 13.8. The van der Waals surface area contributed by atoms with Crippen molar-refractivity contribution in [1.82, 2.24) is 16.0 Å². The standard InChI is InChI=1S/C40H63N3O11/c1-29(2)36(38(47)41-16-18-50-22-23-52-25-24-51-21-20-49-6)43-37(46)32(26-31-12-14-33(15-13-31)53-19-17-44)28-35(45)34(27-30-10-8-7-9-11-30)42-39(48)54-40(3,4)5/h7-15,29,32,34-36,44-45H,16-28H2,1-6H3,(H,41,47)(H,42,48)(H,43,46)/t32-,34+,35+,36+/m1/s1. The molecule has 0 aromatic heterocycles. The van der Waals surface area contributed by atoms with Gasteiger partial charge in [0.2, 0.25) is 11.8 Å². The van der Waals surface area contributed by atoms with Crippen LogP contribution in [0.2, 0.25) is 0 Å². The highest BCUT2D eigenvalue weighted by Gasteiger charge is 2.33. The molecule has 0 bridgehead atoms. The molecule has 3 amide bonds. The molecule has 0 aliphatic heterocycles. The molecular weight excluding hydrogens is 698 g/mol. The van der Waals surface area contributed by atoms with Gasteiger partial charge in [0, 0.05) is 19.6 Å². The molecule has 0 saturated heterocycles. The summed E-state index contributed by atoms with van der Waals surface area (Å²) in [6.45, 7) is 12.2. The highest BCUT2D eigenvalue weighted by molar-refractivity contribution is 5.88. The van der Waals surface area contributed by atoms with Gasteiger partial charge >= 0.3 is 6.09 Å². The zero-order valence-corrected chi connectivity index (χ0v) is 32.8. The van der Waals surface area contributed by atoms with E-state index in [4.69, 9.17) is 33.5 Å². The molecule has 0 unspecified atom stereocenters. The maximum Gasteiger partial charge on any atom is 0.407 e. The van der Waals surface area contributed by atoms with Crippen molar-refractivity contribution in [2.75, 3.05) is 73.1 Å². The van der Waals surface area contributed by atoms with Gasteiger partial charge in [0.05, 0.1) is 65.0 Å². The van der Waals surface area contributed by atoms with Gasteiger partial charge in [0.15, 0.2) is 0 Å². The molecule has 0 fully saturated rings. The monoisotopic (exact) mass is 761 g/mol. The van der Waals surface area contributed by atoms with E-state index >= 15 is 0 Å².